The molecule has 0 saturated carbocycles. The fraction of sp³-hybridized carbons (Fsp3) is 0.150. The van der Waals surface area contributed by atoms with Crippen molar-refractivity contribution in [2.75, 3.05) is 11.9 Å². The van der Waals surface area contributed by atoms with Gasteiger partial charge < -0.3 is 10.6 Å². The van der Waals surface area contributed by atoms with Crippen LogP contribution in [0.4, 0.5) is 18.9 Å². The molecule has 3 aromatic rings. The fourth-order valence-electron chi connectivity index (χ4n) is 2.50. The van der Waals surface area contributed by atoms with E-state index in [0.717, 1.165) is 5.56 Å². The lowest BCUT2D eigenvalue weighted by atomic mass is 10.2. The first-order valence-corrected chi connectivity index (χ1v) is 9.91. The highest BCUT2D eigenvalue weighted by atomic mass is 35.5. The van der Waals surface area contributed by atoms with Gasteiger partial charge in [0.2, 0.25) is 5.91 Å². The molecule has 0 aliphatic carbocycles. The van der Waals surface area contributed by atoms with Crippen LogP contribution in [0.25, 0.3) is 10.6 Å². The number of carbonyl (C=O) groups excluding carboxylic acids is 2. The summed E-state index contributed by atoms with van der Waals surface area (Å²) in [5.74, 6) is -1.17. The molecule has 1 heterocycles. The molecular weight excluding hydrogens is 439 g/mol. The number of rotatable bonds is 6. The highest BCUT2D eigenvalue weighted by molar-refractivity contribution is 7.13. The van der Waals surface area contributed by atoms with Crippen LogP contribution >= 0.6 is 22.9 Å². The zero-order valence-corrected chi connectivity index (χ0v) is 16.9. The number of anilines is 1. The SMILES string of the molecule is O=C(Cc1csc(-c2ccccc2Cl)n1)Nc1ccc(C(=O)NCC(F)(F)F)cc1. The first kappa shape index (κ1) is 21.8. The second-order valence-electron chi connectivity index (χ2n) is 6.22. The molecule has 0 radical (unpaired) electrons. The topological polar surface area (TPSA) is 71.1 Å². The maximum Gasteiger partial charge on any atom is 0.405 e. The molecule has 5 nitrogen and oxygen atoms in total. The zero-order chi connectivity index (χ0) is 21.7. The third kappa shape index (κ3) is 6.04. The average molecular weight is 454 g/mol. The smallest absolute Gasteiger partial charge is 0.343 e. The number of nitrogens with zero attached hydrogens (tertiary/aromatic N) is 1. The van der Waals surface area contributed by atoms with E-state index in [1.165, 1.54) is 35.6 Å². The summed E-state index contributed by atoms with van der Waals surface area (Å²) in [7, 11) is 0. The largest absolute Gasteiger partial charge is 0.405 e. The number of carbonyl (C=O) groups is 2. The molecule has 3 rings (SSSR count). The number of halogens is 4. The number of hydrogen-bond donors (Lipinski definition) is 2. The van der Waals surface area contributed by atoms with Crippen LogP contribution in [-0.4, -0.2) is 29.5 Å². The number of benzene rings is 2. The van der Waals surface area contributed by atoms with E-state index >= 15 is 0 Å². The molecule has 10 heteroatoms. The number of nitrogens with one attached hydrogen (secondary N) is 2. The Balaban J connectivity index is 1.57. The Morgan fingerprint density at radius 3 is 2.43 bits per heavy atom. The first-order chi connectivity index (χ1) is 14.2. The molecule has 2 N–H and O–H groups in total. The van der Waals surface area contributed by atoms with E-state index in [2.05, 4.69) is 10.3 Å². The third-order valence-corrected chi connectivity index (χ3v) is 5.13. The van der Waals surface area contributed by atoms with Gasteiger partial charge in [0.15, 0.2) is 0 Å². The van der Waals surface area contributed by atoms with E-state index in [9.17, 15) is 22.8 Å². The highest BCUT2D eigenvalue weighted by Crippen LogP contribution is 2.30. The predicted octanol–water partition coefficient (Wildman–Crippen LogP) is 4.94. The molecule has 0 aliphatic heterocycles. The minimum atomic E-state index is -4.48. The first-order valence-electron chi connectivity index (χ1n) is 8.65. The molecule has 0 bridgehead atoms. The van der Waals surface area contributed by atoms with Gasteiger partial charge in [-0.15, -0.1) is 11.3 Å². The van der Waals surface area contributed by atoms with Gasteiger partial charge in [-0.25, -0.2) is 4.98 Å². The van der Waals surface area contributed by atoms with Crippen LogP contribution in [0, 0.1) is 0 Å². The minimum absolute atomic E-state index is 0.0365. The normalized spacial score (nSPS) is 11.2. The van der Waals surface area contributed by atoms with Crippen molar-refractivity contribution in [2.24, 2.45) is 0 Å². The second-order valence-corrected chi connectivity index (χ2v) is 7.49. The van der Waals surface area contributed by atoms with Crippen molar-refractivity contribution in [3.8, 4) is 10.6 Å². The summed E-state index contributed by atoms with van der Waals surface area (Å²) in [6.07, 6.45) is -4.44. The Morgan fingerprint density at radius 1 is 1.07 bits per heavy atom. The number of hydrogen-bond acceptors (Lipinski definition) is 4. The van der Waals surface area contributed by atoms with Gasteiger partial charge in [0, 0.05) is 22.2 Å². The van der Waals surface area contributed by atoms with Gasteiger partial charge in [-0.1, -0.05) is 29.8 Å². The van der Waals surface area contributed by atoms with Gasteiger partial charge in [0.25, 0.3) is 5.91 Å². The van der Waals surface area contributed by atoms with Gasteiger partial charge in [0.05, 0.1) is 17.1 Å². The zero-order valence-electron chi connectivity index (χ0n) is 15.3. The number of thiazole rings is 1. The maximum atomic E-state index is 12.2. The number of amides is 2. The maximum absolute atomic E-state index is 12.2. The van der Waals surface area contributed by atoms with Gasteiger partial charge in [0.1, 0.15) is 11.6 Å². The van der Waals surface area contributed by atoms with Crippen molar-refractivity contribution in [1.29, 1.82) is 0 Å². The molecular formula is C20H15ClF3N3O2S. The Kier molecular flexibility index (Phi) is 6.73. The summed E-state index contributed by atoms with van der Waals surface area (Å²) in [4.78, 5) is 28.4. The molecule has 0 saturated heterocycles. The summed E-state index contributed by atoms with van der Waals surface area (Å²) in [5, 5.41) is 7.49. The summed E-state index contributed by atoms with van der Waals surface area (Å²) in [6, 6.07) is 12.8. The van der Waals surface area contributed by atoms with E-state index in [1.807, 2.05) is 18.2 Å². The summed E-state index contributed by atoms with van der Waals surface area (Å²) in [6.45, 7) is -1.41. The van der Waals surface area contributed by atoms with Crippen molar-refractivity contribution in [1.82, 2.24) is 10.3 Å². The fourth-order valence-corrected chi connectivity index (χ4v) is 3.64. The summed E-state index contributed by atoms with van der Waals surface area (Å²) < 4.78 is 36.5. The molecule has 2 amide bonds. The molecule has 0 fully saturated rings. The molecule has 156 valence electrons. The number of alkyl halides is 3. The molecule has 0 atom stereocenters. The second kappa shape index (κ2) is 9.27. The van der Waals surface area contributed by atoms with E-state index in [-0.39, 0.29) is 17.9 Å². The van der Waals surface area contributed by atoms with Crippen LogP contribution in [0.1, 0.15) is 16.1 Å². The van der Waals surface area contributed by atoms with Crippen LogP contribution in [0.15, 0.2) is 53.9 Å². The van der Waals surface area contributed by atoms with Crippen LogP contribution in [0.5, 0.6) is 0 Å². The van der Waals surface area contributed by atoms with E-state index in [4.69, 9.17) is 11.6 Å². The van der Waals surface area contributed by atoms with Gasteiger partial charge in [-0.05, 0) is 30.3 Å². The highest BCUT2D eigenvalue weighted by Gasteiger charge is 2.27. The molecule has 0 spiro atoms. The van der Waals surface area contributed by atoms with Crippen LogP contribution in [0.3, 0.4) is 0 Å². The van der Waals surface area contributed by atoms with Crippen LogP contribution in [0.2, 0.25) is 5.02 Å². The lowest BCUT2D eigenvalue weighted by Crippen LogP contribution is -2.33. The van der Waals surface area contributed by atoms with Gasteiger partial charge in [-0.3, -0.25) is 9.59 Å². The van der Waals surface area contributed by atoms with Gasteiger partial charge >= 0.3 is 6.18 Å². The average Bonchev–Trinajstić information content (AvgIpc) is 3.14. The monoisotopic (exact) mass is 453 g/mol. The Bertz CT molecular complexity index is 1050. The summed E-state index contributed by atoms with van der Waals surface area (Å²) in [5.41, 5.74) is 1.83. The van der Waals surface area contributed by atoms with Crippen molar-refractivity contribution < 1.29 is 22.8 Å². The standard InChI is InChI=1S/C20H15ClF3N3O2S/c21-16-4-2-1-3-15(16)19-27-14(10-30-19)9-17(28)26-13-7-5-12(6-8-13)18(29)25-11-20(22,23)24/h1-8,10H,9,11H2,(H,25,29)(H,26,28). The van der Waals surface area contributed by atoms with E-state index in [0.29, 0.717) is 21.4 Å². The van der Waals surface area contributed by atoms with E-state index in [1.54, 1.807) is 16.8 Å². The molecule has 2 aromatic carbocycles. The predicted molar refractivity (Wildman–Crippen MR) is 110 cm³/mol. The van der Waals surface area contributed by atoms with Crippen molar-refractivity contribution >= 4 is 40.4 Å². The van der Waals surface area contributed by atoms with Gasteiger partial charge in [-0.2, -0.15) is 13.2 Å². The molecule has 0 aliphatic rings. The van der Waals surface area contributed by atoms with Crippen molar-refractivity contribution in [2.45, 2.75) is 12.6 Å². The van der Waals surface area contributed by atoms with Crippen molar-refractivity contribution in [3.63, 3.8) is 0 Å². The third-order valence-electron chi connectivity index (χ3n) is 3.88. The quantitative estimate of drug-likeness (QED) is 0.555. The lowest BCUT2D eigenvalue weighted by Gasteiger charge is -2.09. The van der Waals surface area contributed by atoms with Crippen molar-refractivity contribution in [3.05, 3.63) is 70.2 Å². The van der Waals surface area contributed by atoms with Crippen LogP contribution in [-0.2, 0) is 11.2 Å². The lowest BCUT2D eigenvalue weighted by molar-refractivity contribution is -0.123. The minimum Gasteiger partial charge on any atom is -0.343 e. The Morgan fingerprint density at radius 2 is 1.77 bits per heavy atom. The molecule has 1 aromatic heterocycles. The Labute approximate surface area is 178 Å². The summed E-state index contributed by atoms with van der Waals surface area (Å²) >= 11 is 7.54. The van der Waals surface area contributed by atoms with E-state index < -0.39 is 18.6 Å². The molecule has 0 unspecified atom stereocenters. The molecule has 30 heavy (non-hydrogen) atoms. The Hall–Kier alpha value is -2.91. The number of aromatic nitrogens is 1. The van der Waals surface area contributed by atoms with Crippen LogP contribution < -0.4 is 10.6 Å².